The summed E-state index contributed by atoms with van der Waals surface area (Å²) in [5.41, 5.74) is 8.12. The molecule has 2 N–H and O–H groups in total. The molecule has 2 aliphatic rings. The zero-order valence-electron chi connectivity index (χ0n) is 16.9. The number of hydrogen-bond acceptors (Lipinski definition) is 7. The van der Waals surface area contributed by atoms with Crippen LogP contribution in [0.15, 0.2) is 62.8 Å². The molecule has 0 bridgehead atoms. The average molecular weight is 499 g/mol. The van der Waals surface area contributed by atoms with E-state index in [9.17, 15) is 20.2 Å². The molecule has 0 saturated carbocycles. The van der Waals surface area contributed by atoms with Crippen molar-refractivity contribution < 1.29 is 9.72 Å². The smallest absolute Gasteiger partial charge is 0.271 e. The lowest BCUT2D eigenvalue weighted by Gasteiger charge is -2.43. The van der Waals surface area contributed by atoms with E-state index in [1.54, 1.807) is 17.0 Å². The molecular formula is C22H19BrN4O3S. The zero-order chi connectivity index (χ0) is 22.5. The Morgan fingerprint density at radius 2 is 2.10 bits per heavy atom. The lowest BCUT2D eigenvalue weighted by Crippen LogP contribution is -2.42. The number of allylic oxidation sites excluding steroid dienone is 3. The molecule has 1 atom stereocenters. The second-order valence-corrected chi connectivity index (χ2v) is 10.3. The molecular weight excluding hydrogens is 480 g/mol. The minimum atomic E-state index is -0.546. The molecule has 2 heterocycles. The molecule has 2 aromatic rings. The van der Waals surface area contributed by atoms with Gasteiger partial charge in [-0.1, -0.05) is 19.9 Å². The topological polar surface area (TPSA) is 113 Å². The number of carbonyl (C=O) groups excluding carboxylic acids is 1. The van der Waals surface area contributed by atoms with E-state index >= 15 is 0 Å². The van der Waals surface area contributed by atoms with E-state index in [1.165, 1.54) is 23.5 Å². The molecule has 0 radical (unpaired) electrons. The van der Waals surface area contributed by atoms with Crippen LogP contribution in [0.1, 0.15) is 37.5 Å². The molecule has 1 aliphatic heterocycles. The molecule has 0 amide bonds. The van der Waals surface area contributed by atoms with Gasteiger partial charge in [0.05, 0.1) is 28.2 Å². The summed E-state index contributed by atoms with van der Waals surface area (Å²) in [7, 11) is 0. The number of rotatable bonds is 3. The monoisotopic (exact) mass is 498 g/mol. The first-order valence-corrected chi connectivity index (χ1v) is 11.2. The summed E-state index contributed by atoms with van der Waals surface area (Å²) >= 11 is 4.91. The average Bonchev–Trinajstić information content (AvgIpc) is 3.12. The van der Waals surface area contributed by atoms with Gasteiger partial charge in [-0.3, -0.25) is 19.8 Å². The van der Waals surface area contributed by atoms with Crippen molar-refractivity contribution in [1.82, 2.24) is 0 Å². The summed E-state index contributed by atoms with van der Waals surface area (Å²) in [6.07, 6.45) is 0.912. The number of ketones is 1. The van der Waals surface area contributed by atoms with Crippen LogP contribution in [0.25, 0.3) is 0 Å². The second-order valence-electron chi connectivity index (χ2n) is 8.42. The van der Waals surface area contributed by atoms with Crippen LogP contribution in [0.5, 0.6) is 0 Å². The molecule has 7 nitrogen and oxygen atoms in total. The molecule has 1 aromatic carbocycles. The highest BCUT2D eigenvalue weighted by Crippen LogP contribution is 2.51. The van der Waals surface area contributed by atoms with E-state index in [0.717, 1.165) is 9.35 Å². The van der Waals surface area contributed by atoms with E-state index in [4.69, 9.17) is 5.73 Å². The van der Waals surface area contributed by atoms with Crippen molar-refractivity contribution in [2.24, 2.45) is 11.1 Å². The van der Waals surface area contributed by atoms with E-state index in [2.05, 4.69) is 22.0 Å². The van der Waals surface area contributed by atoms with E-state index in [1.807, 2.05) is 25.3 Å². The first kappa shape index (κ1) is 21.3. The zero-order valence-corrected chi connectivity index (χ0v) is 19.3. The molecule has 4 rings (SSSR count). The van der Waals surface area contributed by atoms with Gasteiger partial charge >= 0.3 is 0 Å². The van der Waals surface area contributed by atoms with Gasteiger partial charge in [-0.15, -0.1) is 11.3 Å². The Morgan fingerprint density at radius 3 is 2.71 bits per heavy atom. The number of benzene rings is 1. The summed E-state index contributed by atoms with van der Waals surface area (Å²) < 4.78 is 0.871. The number of nitrogens with zero attached hydrogens (tertiary/aromatic N) is 3. The van der Waals surface area contributed by atoms with Crippen LogP contribution < -0.4 is 10.6 Å². The highest BCUT2D eigenvalue weighted by molar-refractivity contribution is 9.10. The molecule has 1 aliphatic carbocycles. The third kappa shape index (κ3) is 3.66. The van der Waals surface area contributed by atoms with Crippen LogP contribution in [0.4, 0.5) is 11.4 Å². The van der Waals surface area contributed by atoms with Gasteiger partial charge in [0.1, 0.15) is 5.82 Å². The van der Waals surface area contributed by atoms with Crippen LogP contribution in [-0.4, -0.2) is 10.7 Å². The van der Waals surface area contributed by atoms with Crippen LogP contribution in [0.3, 0.4) is 0 Å². The van der Waals surface area contributed by atoms with Crippen LogP contribution >= 0.6 is 27.3 Å². The third-order valence-corrected chi connectivity index (χ3v) is 7.31. The maximum Gasteiger partial charge on any atom is 0.271 e. The molecule has 1 aromatic heterocycles. The summed E-state index contributed by atoms with van der Waals surface area (Å²) in [4.78, 5) is 26.7. The summed E-state index contributed by atoms with van der Waals surface area (Å²) in [5, 5.41) is 23.3. The molecule has 31 heavy (non-hydrogen) atoms. The number of halogens is 1. The molecule has 0 fully saturated rings. The van der Waals surface area contributed by atoms with Gasteiger partial charge in [0.25, 0.3) is 5.69 Å². The van der Waals surface area contributed by atoms with Crippen molar-refractivity contribution in [3.8, 4) is 6.07 Å². The second kappa shape index (κ2) is 7.62. The van der Waals surface area contributed by atoms with E-state index in [0.29, 0.717) is 29.8 Å². The number of non-ortho nitro benzene ring substituents is 1. The van der Waals surface area contributed by atoms with E-state index < -0.39 is 10.8 Å². The molecule has 1 unspecified atom stereocenters. The van der Waals surface area contributed by atoms with Crippen LogP contribution in [-0.2, 0) is 4.79 Å². The minimum absolute atomic E-state index is 0.0311. The predicted molar refractivity (Wildman–Crippen MR) is 122 cm³/mol. The Kier molecular flexibility index (Phi) is 5.23. The number of carbonyl (C=O) groups is 1. The van der Waals surface area contributed by atoms with Gasteiger partial charge in [0.2, 0.25) is 0 Å². The largest absolute Gasteiger partial charge is 0.384 e. The summed E-state index contributed by atoms with van der Waals surface area (Å²) in [6.45, 7) is 4.02. The maximum atomic E-state index is 13.4. The Bertz CT molecular complexity index is 1220. The lowest BCUT2D eigenvalue weighted by molar-refractivity contribution is -0.384. The number of thiophene rings is 1. The van der Waals surface area contributed by atoms with Gasteiger partial charge in [-0.05, 0) is 39.9 Å². The quantitative estimate of drug-likeness (QED) is 0.449. The Labute approximate surface area is 191 Å². The number of nitrogens with two attached hydrogens (primary N) is 1. The lowest BCUT2D eigenvalue weighted by atomic mass is 9.69. The standard InChI is InChI=1S/C22H19BrN4O3S/c1-22(2)8-16-20(17(28)9-22)19(18-6-12(23)11-31-18)15(10-24)21(25)26(16)13-4-3-5-14(7-13)27(29)30/h3-7,11,19H,8-9,25H2,1-2H3. The van der Waals surface area contributed by atoms with Crippen molar-refractivity contribution in [1.29, 1.82) is 5.26 Å². The molecule has 158 valence electrons. The maximum absolute atomic E-state index is 13.4. The predicted octanol–water partition coefficient (Wildman–Crippen LogP) is 5.36. The molecule has 0 spiro atoms. The third-order valence-electron chi connectivity index (χ3n) is 5.55. The van der Waals surface area contributed by atoms with Crippen molar-refractivity contribution in [3.05, 3.63) is 77.8 Å². The number of nitro groups is 1. The fourth-order valence-corrected chi connectivity index (χ4v) is 5.88. The van der Waals surface area contributed by atoms with Gasteiger partial charge < -0.3 is 5.73 Å². The van der Waals surface area contributed by atoms with Gasteiger partial charge in [-0.2, -0.15) is 5.26 Å². The first-order chi connectivity index (χ1) is 14.6. The van der Waals surface area contributed by atoms with Crippen molar-refractivity contribution in [3.63, 3.8) is 0 Å². The summed E-state index contributed by atoms with van der Waals surface area (Å²) in [6, 6.07) is 10.2. The van der Waals surface area contributed by atoms with Crippen molar-refractivity contribution in [2.45, 2.75) is 32.6 Å². The van der Waals surface area contributed by atoms with Crippen LogP contribution in [0, 0.1) is 26.9 Å². The molecule has 9 heteroatoms. The number of Topliss-reactive ketones (excluding diaryl/α,β-unsaturated/α-hetero) is 1. The van der Waals surface area contributed by atoms with Crippen molar-refractivity contribution in [2.75, 3.05) is 4.90 Å². The molecule has 0 saturated heterocycles. The van der Waals surface area contributed by atoms with E-state index in [-0.39, 0.29) is 28.3 Å². The number of nitro benzene ring substituents is 1. The normalized spacial score (nSPS) is 20.5. The fraction of sp³-hybridized carbons (Fsp3) is 0.273. The highest BCUT2D eigenvalue weighted by Gasteiger charge is 2.45. The Balaban J connectivity index is 2.00. The Hall–Kier alpha value is -2.96. The first-order valence-electron chi connectivity index (χ1n) is 9.57. The minimum Gasteiger partial charge on any atom is -0.384 e. The summed E-state index contributed by atoms with van der Waals surface area (Å²) in [5.74, 6) is -0.381. The number of hydrogen-bond donors (Lipinski definition) is 1. The SMILES string of the molecule is CC1(C)CC(=O)C2=C(C1)N(c1cccc([N+](=O)[O-])c1)C(N)=C(C#N)C2c1cc(Br)cs1. The van der Waals surface area contributed by atoms with Gasteiger partial charge in [-0.25, -0.2) is 0 Å². The van der Waals surface area contributed by atoms with Gasteiger partial charge in [0, 0.05) is 44.6 Å². The number of nitriles is 1. The highest BCUT2D eigenvalue weighted by atomic mass is 79.9. The van der Waals surface area contributed by atoms with Crippen molar-refractivity contribution >= 4 is 44.4 Å². The van der Waals surface area contributed by atoms with Crippen LogP contribution in [0.2, 0.25) is 0 Å². The van der Waals surface area contributed by atoms with Gasteiger partial charge in [0.15, 0.2) is 5.78 Å². The fourth-order valence-electron chi connectivity index (χ4n) is 4.31. The Morgan fingerprint density at radius 1 is 1.35 bits per heavy atom. The number of anilines is 1.